The van der Waals surface area contributed by atoms with Crippen LogP contribution in [0.25, 0.3) is 0 Å². The van der Waals surface area contributed by atoms with Crippen LogP contribution in [0.2, 0.25) is 0 Å². The van der Waals surface area contributed by atoms with E-state index in [1.807, 2.05) is 13.8 Å². The number of carbonyl (C=O) groups excluding carboxylic acids is 2. The van der Waals surface area contributed by atoms with Gasteiger partial charge in [0.05, 0.1) is 22.5 Å². The van der Waals surface area contributed by atoms with Crippen LogP contribution < -0.4 is 5.32 Å². The summed E-state index contributed by atoms with van der Waals surface area (Å²) in [6.07, 6.45) is 10.2. The van der Waals surface area contributed by atoms with E-state index < -0.39 is 32.8 Å². The molecule has 4 rings (SSSR count). The molecule has 7 heteroatoms. The van der Waals surface area contributed by atoms with E-state index >= 15 is 0 Å². The van der Waals surface area contributed by atoms with Gasteiger partial charge in [-0.1, -0.05) is 58.8 Å². The van der Waals surface area contributed by atoms with Crippen LogP contribution in [0.3, 0.4) is 0 Å². The number of allylic oxidation sites excluding steroid dienone is 4. The van der Waals surface area contributed by atoms with E-state index in [1.165, 1.54) is 11.1 Å². The summed E-state index contributed by atoms with van der Waals surface area (Å²) in [5.74, 6) is 0.267. The normalized spacial score (nSPS) is 37.8. The number of carbonyl (C=O) groups is 2. The molecule has 1 heterocycles. The quantitative estimate of drug-likeness (QED) is 0.463. The highest BCUT2D eigenvalue weighted by molar-refractivity contribution is 7.91. The lowest BCUT2D eigenvalue weighted by Crippen LogP contribution is -2.56. The third kappa shape index (κ3) is 5.31. The summed E-state index contributed by atoms with van der Waals surface area (Å²) in [5.41, 5.74) is 1.51. The van der Waals surface area contributed by atoms with Gasteiger partial charge in [-0.15, -0.1) is 0 Å². The minimum absolute atomic E-state index is 0.0242. The molecule has 2 unspecified atom stereocenters. The van der Waals surface area contributed by atoms with Crippen molar-refractivity contribution in [1.82, 2.24) is 5.32 Å². The van der Waals surface area contributed by atoms with Crippen molar-refractivity contribution in [1.29, 1.82) is 0 Å². The first kappa shape index (κ1) is 28.4. The second-order valence-electron chi connectivity index (χ2n) is 13.7. The number of nitrogens with one attached hydrogen (secondary N) is 1. The molecule has 4 aliphatic rings. The summed E-state index contributed by atoms with van der Waals surface area (Å²) in [6, 6.07) is 0. The number of hydrogen-bond acceptors (Lipinski definition) is 5. The zero-order chi connectivity index (χ0) is 27.4. The van der Waals surface area contributed by atoms with Crippen molar-refractivity contribution in [3.05, 3.63) is 23.3 Å². The van der Waals surface area contributed by atoms with Crippen molar-refractivity contribution < 1.29 is 22.7 Å². The van der Waals surface area contributed by atoms with Gasteiger partial charge >= 0.3 is 5.97 Å². The number of hydrogen-bond donors (Lipinski definition) is 1. The fraction of sp³-hybridized carbons (Fsp3) is 0.800. The number of ether oxygens (including phenoxy) is 1. The molecule has 208 valence electrons. The van der Waals surface area contributed by atoms with E-state index in [-0.39, 0.29) is 34.7 Å². The first-order valence-corrected chi connectivity index (χ1v) is 16.1. The monoisotopic (exact) mass is 533 g/mol. The second-order valence-corrected chi connectivity index (χ2v) is 15.9. The molecule has 0 aromatic carbocycles. The van der Waals surface area contributed by atoms with Gasteiger partial charge in [-0.25, -0.2) is 8.42 Å². The largest absolute Gasteiger partial charge is 0.452 e. The molecule has 1 N–H and O–H groups in total. The summed E-state index contributed by atoms with van der Waals surface area (Å²) in [5, 5.41) is 2.92. The van der Waals surface area contributed by atoms with Crippen LogP contribution in [0.15, 0.2) is 23.3 Å². The van der Waals surface area contributed by atoms with Crippen molar-refractivity contribution in [2.75, 3.05) is 11.5 Å². The van der Waals surface area contributed by atoms with E-state index in [9.17, 15) is 18.0 Å². The summed E-state index contributed by atoms with van der Waals surface area (Å²) in [6.45, 7) is 14.5. The first-order chi connectivity index (χ1) is 17.1. The Labute approximate surface area is 224 Å². The lowest BCUT2D eigenvalue weighted by Gasteiger charge is -2.57. The Kier molecular flexibility index (Phi) is 7.55. The lowest BCUT2D eigenvalue weighted by molar-refractivity contribution is -0.180. The number of amides is 1. The maximum atomic E-state index is 13.9. The van der Waals surface area contributed by atoms with Crippen molar-refractivity contribution in [3.8, 4) is 0 Å². The minimum atomic E-state index is -3.17. The van der Waals surface area contributed by atoms with Gasteiger partial charge in [0, 0.05) is 0 Å². The summed E-state index contributed by atoms with van der Waals surface area (Å²) in [4.78, 5) is 27.2. The average molecular weight is 534 g/mol. The molecule has 0 spiro atoms. The van der Waals surface area contributed by atoms with Gasteiger partial charge in [-0.05, 0) is 87.0 Å². The van der Waals surface area contributed by atoms with Crippen LogP contribution in [0.5, 0.6) is 0 Å². The molecule has 0 bridgehead atoms. The molecule has 37 heavy (non-hydrogen) atoms. The fourth-order valence-corrected chi connectivity index (χ4v) is 9.90. The van der Waals surface area contributed by atoms with E-state index in [2.05, 4.69) is 45.2 Å². The van der Waals surface area contributed by atoms with Crippen LogP contribution in [-0.4, -0.2) is 43.4 Å². The number of esters is 1. The van der Waals surface area contributed by atoms with Crippen molar-refractivity contribution in [2.24, 2.45) is 34.5 Å². The summed E-state index contributed by atoms with van der Waals surface area (Å²) in [7, 11) is -3.17. The molecule has 2 fully saturated rings. The lowest BCUT2D eigenvalue weighted by atomic mass is 9.47. The standard InChI is InChI=1S/C30H47NO5S/c1-19(2)21-9-11-23-22(17-21)10-12-24-29(23,6)13-8-14-30(24,7)27(33)36-25(20(3)4)26(32)31-28(5)15-16-37(34,35)18-28/h10,17,19-20,23-25H,8-9,11-16,18H2,1-7H3,(H,31,32)/t23-,24+,25?,28?,29+,30+/m0/s1. The van der Waals surface area contributed by atoms with Crippen molar-refractivity contribution in [2.45, 2.75) is 105 Å². The molecule has 3 aliphatic carbocycles. The number of rotatable bonds is 6. The van der Waals surface area contributed by atoms with Gasteiger partial charge in [0.25, 0.3) is 5.91 Å². The molecular weight excluding hydrogens is 486 g/mol. The molecule has 6 nitrogen and oxygen atoms in total. The Hall–Kier alpha value is -1.63. The van der Waals surface area contributed by atoms with Crippen LogP contribution >= 0.6 is 0 Å². The number of fused-ring (bicyclic) bond motifs is 3. The molecule has 1 saturated carbocycles. The second kappa shape index (κ2) is 9.84. The fourth-order valence-electron chi connectivity index (χ4n) is 7.81. The Morgan fingerprint density at radius 1 is 1.08 bits per heavy atom. The highest BCUT2D eigenvalue weighted by Crippen LogP contribution is 2.62. The smallest absolute Gasteiger partial charge is 0.312 e. The number of sulfone groups is 1. The predicted molar refractivity (Wildman–Crippen MR) is 146 cm³/mol. The molecule has 1 amide bonds. The van der Waals surface area contributed by atoms with E-state index in [0.29, 0.717) is 18.3 Å². The first-order valence-electron chi connectivity index (χ1n) is 14.2. The molecule has 6 atom stereocenters. The highest BCUT2D eigenvalue weighted by Gasteiger charge is 2.58. The van der Waals surface area contributed by atoms with Crippen molar-refractivity contribution in [3.63, 3.8) is 0 Å². The molecule has 1 saturated heterocycles. The zero-order valence-electron chi connectivity index (χ0n) is 23.9. The van der Waals surface area contributed by atoms with E-state index in [0.717, 1.165) is 38.5 Å². The summed E-state index contributed by atoms with van der Waals surface area (Å²) >= 11 is 0. The zero-order valence-corrected chi connectivity index (χ0v) is 24.7. The van der Waals surface area contributed by atoms with Crippen LogP contribution in [0.4, 0.5) is 0 Å². The summed E-state index contributed by atoms with van der Waals surface area (Å²) < 4.78 is 30.1. The van der Waals surface area contributed by atoms with Crippen LogP contribution in [0.1, 0.15) is 93.4 Å². The molecule has 0 radical (unpaired) electrons. The SMILES string of the molecule is CC(C)C1=CC2=CC[C@@H]3[C@](C)(CCC[C@@]3(C)C(=O)OC(C(=O)NC3(C)CCS(=O)(=O)C3)C(C)C)[C@H]2CC1. The average Bonchev–Trinajstić information content (AvgIpc) is 3.08. The highest BCUT2D eigenvalue weighted by atomic mass is 32.2. The molecular formula is C30H47NO5S. The van der Waals surface area contributed by atoms with Gasteiger partial charge in [0.15, 0.2) is 15.9 Å². The third-order valence-electron chi connectivity index (χ3n) is 10.1. The van der Waals surface area contributed by atoms with Gasteiger partial charge in [0.1, 0.15) is 0 Å². The van der Waals surface area contributed by atoms with Crippen molar-refractivity contribution >= 4 is 21.7 Å². The Balaban J connectivity index is 1.54. The predicted octanol–water partition coefficient (Wildman–Crippen LogP) is 5.38. The Morgan fingerprint density at radius 3 is 2.38 bits per heavy atom. The van der Waals surface area contributed by atoms with Gasteiger partial charge < -0.3 is 10.1 Å². The van der Waals surface area contributed by atoms with E-state index in [4.69, 9.17) is 4.74 Å². The third-order valence-corrected chi connectivity index (χ3v) is 12.0. The Bertz CT molecular complexity index is 1110. The Morgan fingerprint density at radius 2 is 1.78 bits per heavy atom. The maximum absolute atomic E-state index is 13.9. The van der Waals surface area contributed by atoms with Crippen LogP contribution in [-0.2, 0) is 24.2 Å². The van der Waals surface area contributed by atoms with Crippen LogP contribution in [0, 0.1) is 34.5 Å². The van der Waals surface area contributed by atoms with Gasteiger partial charge in [-0.3, -0.25) is 9.59 Å². The maximum Gasteiger partial charge on any atom is 0.312 e. The van der Waals surface area contributed by atoms with Gasteiger partial charge in [-0.2, -0.15) is 0 Å². The van der Waals surface area contributed by atoms with E-state index in [1.54, 1.807) is 6.92 Å². The molecule has 1 aliphatic heterocycles. The molecule has 0 aromatic rings. The topological polar surface area (TPSA) is 89.5 Å². The van der Waals surface area contributed by atoms with Gasteiger partial charge in [0.2, 0.25) is 0 Å². The minimum Gasteiger partial charge on any atom is -0.452 e. The molecule has 0 aromatic heterocycles.